The zero-order valence-electron chi connectivity index (χ0n) is 11.2. The predicted molar refractivity (Wildman–Crippen MR) is 77.2 cm³/mol. The number of aromatic amines is 1. The summed E-state index contributed by atoms with van der Waals surface area (Å²) in [5.74, 6) is 0. The molecule has 1 aliphatic rings. The van der Waals surface area contributed by atoms with Gasteiger partial charge in [-0.25, -0.2) is 4.79 Å². The van der Waals surface area contributed by atoms with E-state index in [-0.39, 0.29) is 5.56 Å². The summed E-state index contributed by atoms with van der Waals surface area (Å²) in [5, 5.41) is 19.9. The number of rotatable bonds is 4. The van der Waals surface area contributed by atoms with Crippen LogP contribution >= 0.6 is 28.6 Å². The highest BCUT2D eigenvalue weighted by Gasteiger charge is 2.44. The Balaban J connectivity index is 2.23. The predicted octanol–water partition coefficient (Wildman–Crippen LogP) is 0.0665. The molecule has 0 saturated carbocycles. The number of ether oxygens (including phenoxy) is 1. The van der Waals surface area contributed by atoms with Crippen molar-refractivity contribution in [1.82, 2.24) is 9.55 Å². The van der Waals surface area contributed by atoms with E-state index in [1.165, 1.54) is 13.1 Å². The Hall–Kier alpha value is -0.670. The third kappa shape index (κ3) is 3.80. The van der Waals surface area contributed by atoms with Crippen LogP contribution in [0.2, 0.25) is 0 Å². The highest BCUT2D eigenvalue weighted by Crippen LogP contribution is 2.57. The average molecular weight is 375 g/mol. The molecule has 1 aromatic heterocycles. The molecule has 1 aliphatic heterocycles. The first-order chi connectivity index (χ1) is 10.1. The van der Waals surface area contributed by atoms with Gasteiger partial charge in [0.05, 0.1) is 6.61 Å². The highest BCUT2D eigenvalue weighted by atomic mass is 35.9. The third-order valence-electron chi connectivity index (χ3n) is 3.15. The van der Waals surface area contributed by atoms with Gasteiger partial charge in [-0.1, -0.05) is 0 Å². The lowest BCUT2D eigenvalue weighted by Gasteiger charge is -2.17. The second-order valence-electron chi connectivity index (χ2n) is 4.74. The van der Waals surface area contributed by atoms with Crippen LogP contribution in [0.15, 0.2) is 15.8 Å². The molecule has 2 heterocycles. The van der Waals surface area contributed by atoms with Crippen molar-refractivity contribution in [2.45, 2.75) is 31.5 Å². The van der Waals surface area contributed by atoms with Gasteiger partial charge >= 0.3 is 11.8 Å². The first-order valence-corrected chi connectivity index (χ1v) is 9.51. The van der Waals surface area contributed by atoms with Gasteiger partial charge in [-0.3, -0.25) is 18.9 Å². The van der Waals surface area contributed by atoms with Crippen molar-refractivity contribution >= 4 is 28.6 Å². The SMILES string of the molecule is Cc1cn([C@@H]2O[C@H](COP(=O)(Cl)Cl)[C@H](O)C2O)c(=O)[nH]c1=O. The maximum Gasteiger partial charge on any atom is 0.380 e. The van der Waals surface area contributed by atoms with Gasteiger partial charge in [0.25, 0.3) is 5.56 Å². The van der Waals surface area contributed by atoms with Crippen molar-refractivity contribution in [3.63, 3.8) is 0 Å². The van der Waals surface area contributed by atoms with E-state index in [2.05, 4.69) is 9.51 Å². The molecule has 1 aromatic rings. The molecular formula is C10H13Cl2N2O7P. The molecule has 0 aliphatic carbocycles. The van der Waals surface area contributed by atoms with Gasteiger partial charge in [-0.2, -0.15) is 0 Å². The number of hydrogen-bond acceptors (Lipinski definition) is 7. The molecular weight excluding hydrogens is 362 g/mol. The maximum absolute atomic E-state index is 11.8. The summed E-state index contributed by atoms with van der Waals surface area (Å²) in [6, 6.07) is 0. The minimum atomic E-state index is -3.82. The van der Waals surface area contributed by atoms with E-state index in [1.54, 1.807) is 0 Å². The summed E-state index contributed by atoms with van der Waals surface area (Å²) in [4.78, 5) is 25.2. The van der Waals surface area contributed by atoms with Crippen LogP contribution in [-0.4, -0.2) is 44.7 Å². The van der Waals surface area contributed by atoms with Gasteiger partial charge in [-0.15, -0.1) is 0 Å². The number of halogens is 2. The number of hydrogen-bond donors (Lipinski definition) is 3. The van der Waals surface area contributed by atoms with Crippen LogP contribution in [0.1, 0.15) is 11.8 Å². The van der Waals surface area contributed by atoms with E-state index in [4.69, 9.17) is 27.2 Å². The van der Waals surface area contributed by atoms with Crippen LogP contribution < -0.4 is 11.2 Å². The Kier molecular flexibility index (Phi) is 5.18. The molecule has 9 nitrogen and oxygen atoms in total. The van der Waals surface area contributed by atoms with Crippen molar-refractivity contribution in [3.8, 4) is 0 Å². The van der Waals surface area contributed by atoms with Gasteiger partial charge in [0, 0.05) is 11.8 Å². The molecule has 0 aromatic carbocycles. The minimum Gasteiger partial charge on any atom is -0.387 e. The molecule has 3 N–H and O–H groups in total. The first kappa shape index (κ1) is 17.7. The summed E-state index contributed by atoms with van der Waals surface area (Å²) >= 11 is 10.4. The molecule has 2 rings (SSSR count). The fraction of sp³-hybridized carbons (Fsp3) is 0.600. The lowest BCUT2D eigenvalue weighted by molar-refractivity contribution is -0.0508. The smallest absolute Gasteiger partial charge is 0.380 e. The lowest BCUT2D eigenvalue weighted by atomic mass is 10.1. The normalized spacial score (nSPS) is 29.0. The van der Waals surface area contributed by atoms with E-state index in [0.717, 1.165) is 4.57 Å². The summed E-state index contributed by atoms with van der Waals surface area (Å²) in [5.41, 5.74) is -1.16. The molecule has 22 heavy (non-hydrogen) atoms. The van der Waals surface area contributed by atoms with E-state index in [0.29, 0.717) is 0 Å². The van der Waals surface area contributed by atoms with Crippen LogP contribution in [0.3, 0.4) is 0 Å². The fourth-order valence-corrected chi connectivity index (χ4v) is 2.69. The van der Waals surface area contributed by atoms with Crippen molar-refractivity contribution in [3.05, 3.63) is 32.6 Å². The number of aliphatic hydroxyl groups excluding tert-OH is 2. The van der Waals surface area contributed by atoms with Crippen LogP contribution in [0, 0.1) is 6.92 Å². The number of aryl methyl sites for hydroxylation is 1. The summed E-state index contributed by atoms with van der Waals surface area (Å²) < 4.78 is 22.0. The van der Waals surface area contributed by atoms with Crippen LogP contribution in [0.5, 0.6) is 0 Å². The Bertz CT molecular complexity index is 714. The van der Waals surface area contributed by atoms with Gasteiger partial charge in [-0.05, 0) is 29.4 Å². The second-order valence-corrected chi connectivity index (χ2v) is 9.01. The van der Waals surface area contributed by atoms with Crippen LogP contribution in [0.4, 0.5) is 0 Å². The van der Waals surface area contributed by atoms with Crippen LogP contribution in [0.25, 0.3) is 0 Å². The lowest BCUT2D eigenvalue weighted by Crippen LogP contribution is -2.38. The topological polar surface area (TPSA) is 131 Å². The second kappa shape index (κ2) is 6.45. The number of nitrogens with one attached hydrogen (secondary N) is 1. The zero-order chi connectivity index (χ0) is 16.7. The fourth-order valence-electron chi connectivity index (χ4n) is 2.03. The van der Waals surface area contributed by atoms with Gasteiger partial charge < -0.3 is 19.5 Å². The molecule has 1 fully saturated rings. The van der Waals surface area contributed by atoms with E-state index in [1.807, 2.05) is 0 Å². The van der Waals surface area contributed by atoms with E-state index >= 15 is 0 Å². The summed E-state index contributed by atoms with van der Waals surface area (Å²) in [7, 11) is 0. The van der Waals surface area contributed by atoms with Crippen molar-refractivity contribution in [1.29, 1.82) is 0 Å². The van der Waals surface area contributed by atoms with Crippen molar-refractivity contribution in [2.75, 3.05) is 6.61 Å². The molecule has 12 heteroatoms. The molecule has 0 spiro atoms. The summed E-state index contributed by atoms with van der Waals surface area (Å²) in [6.45, 7) is 1.01. The first-order valence-electron chi connectivity index (χ1n) is 6.07. The van der Waals surface area contributed by atoms with E-state index < -0.39 is 48.5 Å². The van der Waals surface area contributed by atoms with E-state index in [9.17, 15) is 24.4 Å². The average Bonchev–Trinajstić information content (AvgIpc) is 2.68. The Morgan fingerprint density at radius 1 is 1.41 bits per heavy atom. The molecule has 124 valence electrons. The Labute approximate surface area is 133 Å². The minimum absolute atomic E-state index is 0.218. The number of H-pyrrole nitrogens is 1. The molecule has 0 radical (unpaired) electrons. The maximum atomic E-state index is 11.8. The summed E-state index contributed by atoms with van der Waals surface area (Å²) in [6.07, 6.45) is -7.89. The zero-order valence-corrected chi connectivity index (χ0v) is 13.6. The molecule has 0 bridgehead atoms. The standard InChI is InChI=1S/C10H13Cl2N2O7P/c1-4-2-14(10(18)13-8(4)17)9-7(16)6(15)5(21-9)3-20-22(11,12)19/h2,5-7,9,15-16H,3H2,1H3,(H,13,17,18)/t5-,6+,7?,9-/m1/s1. The molecule has 4 atom stereocenters. The number of nitrogens with zero attached hydrogens (tertiary/aromatic N) is 1. The van der Waals surface area contributed by atoms with Gasteiger partial charge in [0.2, 0.25) is 0 Å². The van der Waals surface area contributed by atoms with Crippen LogP contribution in [-0.2, 0) is 13.8 Å². The molecule has 1 saturated heterocycles. The number of aliphatic hydroxyl groups is 2. The van der Waals surface area contributed by atoms with Crippen molar-refractivity contribution < 1.29 is 24.0 Å². The van der Waals surface area contributed by atoms with Gasteiger partial charge in [0.1, 0.15) is 18.3 Å². The van der Waals surface area contributed by atoms with Gasteiger partial charge in [0.15, 0.2) is 6.23 Å². The van der Waals surface area contributed by atoms with Crippen molar-refractivity contribution in [2.24, 2.45) is 0 Å². The quantitative estimate of drug-likeness (QED) is 0.635. The molecule has 0 amide bonds. The Morgan fingerprint density at radius 3 is 2.64 bits per heavy atom. The Morgan fingerprint density at radius 2 is 2.05 bits per heavy atom. The third-order valence-corrected chi connectivity index (χ3v) is 4.18. The largest absolute Gasteiger partial charge is 0.387 e. The molecule has 1 unspecified atom stereocenters. The monoisotopic (exact) mass is 374 g/mol. The number of aromatic nitrogens is 2. The highest BCUT2D eigenvalue weighted by molar-refractivity contribution is 8.05.